The van der Waals surface area contributed by atoms with Crippen LogP contribution >= 0.6 is 12.4 Å². The first-order chi connectivity index (χ1) is 10.3. The second-order valence-electron chi connectivity index (χ2n) is 6.26. The van der Waals surface area contributed by atoms with Crippen LogP contribution in [0.3, 0.4) is 0 Å². The van der Waals surface area contributed by atoms with Gasteiger partial charge in [-0.05, 0) is 63.9 Å². The van der Waals surface area contributed by atoms with Gasteiger partial charge in [0.1, 0.15) is 0 Å². The molecule has 2 unspecified atom stereocenters. The second kappa shape index (κ2) is 7.64. The van der Waals surface area contributed by atoms with Crippen LogP contribution in [0.5, 0.6) is 0 Å². The fourth-order valence-corrected chi connectivity index (χ4v) is 3.88. The van der Waals surface area contributed by atoms with Crippen molar-refractivity contribution in [2.75, 3.05) is 13.1 Å². The molecule has 0 aromatic heterocycles. The minimum absolute atomic E-state index is 0. The second-order valence-corrected chi connectivity index (χ2v) is 8.77. The number of hydrogen-bond donors (Lipinski definition) is 1. The maximum absolute atomic E-state index is 12.5. The molecule has 1 aromatic rings. The number of nitrogens with zero attached hydrogens (tertiary/aromatic N) is 1. The summed E-state index contributed by atoms with van der Waals surface area (Å²) < 4.78 is 24.2. The molecule has 130 valence electrons. The molecule has 0 saturated carbocycles. The van der Waals surface area contributed by atoms with E-state index in [4.69, 9.17) is 5.73 Å². The predicted octanol–water partition coefficient (Wildman–Crippen LogP) is 2.10. The Balaban J connectivity index is 0.00000264. The summed E-state index contributed by atoms with van der Waals surface area (Å²) in [4.78, 5) is 14.6. The summed E-state index contributed by atoms with van der Waals surface area (Å²) in [5.41, 5.74) is 6.21. The zero-order valence-electron chi connectivity index (χ0n) is 13.7. The Labute approximate surface area is 144 Å². The van der Waals surface area contributed by atoms with Crippen molar-refractivity contribution in [1.82, 2.24) is 4.90 Å². The van der Waals surface area contributed by atoms with Gasteiger partial charge < -0.3 is 10.6 Å². The highest BCUT2D eigenvalue weighted by atomic mass is 35.5. The highest BCUT2D eigenvalue weighted by molar-refractivity contribution is 7.92. The van der Waals surface area contributed by atoms with Crippen molar-refractivity contribution in [3.63, 3.8) is 0 Å². The predicted molar refractivity (Wildman–Crippen MR) is 93.7 cm³/mol. The molecule has 1 aliphatic rings. The minimum Gasteiger partial charge on any atom is -0.336 e. The van der Waals surface area contributed by atoms with E-state index in [1.54, 1.807) is 26.0 Å². The van der Waals surface area contributed by atoms with Crippen LogP contribution in [0, 0.1) is 5.92 Å². The molecule has 2 rings (SSSR count). The van der Waals surface area contributed by atoms with Crippen LogP contribution in [-0.4, -0.2) is 43.6 Å². The van der Waals surface area contributed by atoms with E-state index in [2.05, 4.69) is 0 Å². The molecule has 0 aliphatic carbocycles. The van der Waals surface area contributed by atoms with Crippen molar-refractivity contribution in [2.45, 2.75) is 43.4 Å². The Morgan fingerprint density at radius 1 is 1.30 bits per heavy atom. The first kappa shape index (κ1) is 19.9. The van der Waals surface area contributed by atoms with Crippen molar-refractivity contribution in [2.24, 2.45) is 11.7 Å². The number of carbonyl (C=O) groups is 1. The average Bonchev–Trinajstić information content (AvgIpc) is 2.87. The Kier molecular flexibility index (Phi) is 6.62. The minimum atomic E-state index is -3.30. The number of halogens is 1. The molecule has 7 heteroatoms. The summed E-state index contributed by atoms with van der Waals surface area (Å²) in [6.07, 6.45) is 0.919. The quantitative estimate of drug-likeness (QED) is 0.891. The van der Waals surface area contributed by atoms with Crippen LogP contribution in [0.1, 0.15) is 37.6 Å². The summed E-state index contributed by atoms with van der Waals surface area (Å²) in [6.45, 7) is 6.56. The summed E-state index contributed by atoms with van der Waals surface area (Å²) >= 11 is 0. The normalized spacial score (nSPS) is 21.3. The van der Waals surface area contributed by atoms with E-state index >= 15 is 0 Å². The maximum Gasteiger partial charge on any atom is 0.254 e. The van der Waals surface area contributed by atoms with Crippen molar-refractivity contribution in [3.05, 3.63) is 29.8 Å². The van der Waals surface area contributed by atoms with Crippen molar-refractivity contribution in [3.8, 4) is 0 Å². The fourth-order valence-electron chi connectivity index (χ4n) is 2.82. The Bertz CT molecular complexity index is 644. The number of carbonyl (C=O) groups excluding carboxylic acids is 1. The summed E-state index contributed by atoms with van der Waals surface area (Å²) in [7, 11) is -3.30. The molecule has 2 N–H and O–H groups in total. The number of hydrogen-bond acceptors (Lipinski definition) is 4. The number of benzene rings is 1. The molecule has 2 atom stereocenters. The van der Waals surface area contributed by atoms with Crippen molar-refractivity contribution in [1.29, 1.82) is 0 Å². The van der Waals surface area contributed by atoms with Crippen LogP contribution in [0.15, 0.2) is 29.2 Å². The standard InChI is InChI=1S/C16H24N2O3S.ClH/c1-11(2)22(20,21)15-6-4-14(5-7-15)16(19)18-10-13(9-17)8-12(18)3;/h4-7,11-13H,8-10,17H2,1-3H3;1H. The Morgan fingerprint density at radius 2 is 1.87 bits per heavy atom. The molecule has 1 aromatic carbocycles. The van der Waals surface area contributed by atoms with E-state index in [1.165, 1.54) is 12.1 Å². The average molecular weight is 361 g/mol. The van der Waals surface area contributed by atoms with Crippen LogP contribution in [0.4, 0.5) is 0 Å². The van der Waals surface area contributed by atoms with Crippen molar-refractivity contribution >= 4 is 28.2 Å². The molecular weight excluding hydrogens is 336 g/mol. The fraction of sp³-hybridized carbons (Fsp3) is 0.562. The van der Waals surface area contributed by atoms with E-state index in [0.29, 0.717) is 24.6 Å². The van der Waals surface area contributed by atoms with Gasteiger partial charge in [0.2, 0.25) is 0 Å². The van der Waals surface area contributed by atoms with Gasteiger partial charge in [-0.2, -0.15) is 0 Å². The van der Waals surface area contributed by atoms with Crippen LogP contribution in [0.25, 0.3) is 0 Å². The molecule has 1 fully saturated rings. The number of rotatable bonds is 4. The summed E-state index contributed by atoms with van der Waals surface area (Å²) in [5, 5.41) is -0.474. The molecule has 23 heavy (non-hydrogen) atoms. The van der Waals surface area contributed by atoms with Gasteiger partial charge in [0.25, 0.3) is 5.91 Å². The van der Waals surface area contributed by atoms with Gasteiger partial charge in [0, 0.05) is 18.2 Å². The lowest BCUT2D eigenvalue weighted by Gasteiger charge is -2.21. The Morgan fingerprint density at radius 3 is 2.30 bits per heavy atom. The number of amides is 1. The van der Waals surface area contributed by atoms with E-state index in [1.807, 2.05) is 11.8 Å². The molecule has 0 radical (unpaired) electrons. The molecule has 1 aliphatic heterocycles. The lowest BCUT2D eigenvalue weighted by Crippen LogP contribution is -2.34. The first-order valence-electron chi connectivity index (χ1n) is 7.62. The van der Waals surface area contributed by atoms with Gasteiger partial charge in [-0.15, -0.1) is 12.4 Å². The van der Waals surface area contributed by atoms with Gasteiger partial charge in [0.05, 0.1) is 10.1 Å². The SMILES string of the molecule is CC1CC(CN)CN1C(=O)c1ccc(S(=O)(=O)C(C)C)cc1.Cl. The van der Waals surface area contributed by atoms with Gasteiger partial charge in [-0.3, -0.25) is 4.79 Å². The third kappa shape index (κ3) is 4.05. The molecule has 1 saturated heterocycles. The lowest BCUT2D eigenvalue weighted by atomic mass is 10.1. The zero-order valence-corrected chi connectivity index (χ0v) is 15.4. The van der Waals surface area contributed by atoms with E-state index < -0.39 is 15.1 Å². The third-order valence-electron chi connectivity index (χ3n) is 4.31. The lowest BCUT2D eigenvalue weighted by molar-refractivity contribution is 0.0743. The van der Waals surface area contributed by atoms with Crippen LogP contribution in [0.2, 0.25) is 0 Å². The van der Waals surface area contributed by atoms with Gasteiger partial charge in [-0.25, -0.2) is 8.42 Å². The summed E-state index contributed by atoms with van der Waals surface area (Å²) in [5.74, 6) is 0.288. The van der Waals surface area contributed by atoms with Crippen LogP contribution in [-0.2, 0) is 9.84 Å². The van der Waals surface area contributed by atoms with Gasteiger partial charge in [0.15, 0.2) is 9.84 Å². The Hall–Kier alpha value is -1.11. The number of nitrogens with two attached hydrogens (primary N) is 1. The molecule has 5 nitrogen and oxygen atoms in total. The van der Waals surface area contributed by atoms with E-state index in [0.717, 1.165) is 6.42 Å². The van der Waals surface area contributed by atoms with Crippen LogP contribution < -0.4 is 5.73 Å². The van der Waals surface area contributed by atoms with E-state index in [-0.39, 0.29) is 29.3 Å². The molecule has 0 spiro atoms. The molecule has 1 amide bonds. The molecule has 0 bridgehead atoms. The van der Waals surface area contributed by atoms with Crippen molar-refractivity contribution < 1.29 is 13.2 Å². The maximum atomic E-state index is 12.5. The highest BCUT2D eigenvalue weighted by Gasteiger charge is 2.32. The number of likely N-dealkylation sites (tertiary alicyclic amines) is 1. The van der Waals surface area contributed by atoms with Gasteiger partial charge in [-0.1, -0.05) is 0 Å². The summed E-state index contributed by atoms with van der Waals surface area (Å²) in [6, 6.07) is 6.40. The molecule has 1 heterocycles. The number of sulfone groups is 1. The third-order valence-corrected chi connectivity index (χ3v) is 6.48. The zero-order chi connectivity index (χ0) is 16.5. The first-order valence-corrected chi connectivity index (χ1v) is 9.17. The largest absolute Gasteiger partial charge is 0.336 e. The highest BCUT2D eigenvalue weighted by Crippen LogP contribution is 2.25. The molecular formula is C16H25ClN2O3S. The van der Waals surface area contributed by atoms with Gasteiger partial charge >= 0.3 is 0 Å². The smallest absolute Gasteiger partial charge is 0.254 e. The van der Waals surface area contributed by atoms with E-state index in [9.17, 15) is 13.2 Å². The monoisotopic (exact) mass is 360 g/mol. The topological polar surface area (TPSA) is 80.5 Å².